The molecule has 0 spiro atoms. The Bertz CT molecular complexity index is 1240. The molecule has 162 valence electrons. The zero-order valence-corrected chi connectivity index (χ0v) is 18.5. The number of fused-ring (bicyclic) bond motifs is 1. The zero-order chi connectivity index (χ0) is 22.5. The molecule has 2 aromatic carbocycles. The Morgan fingerprint density at radius 3 is 2.53 bits per heavy atom. The van der Waals surface area contributed by atoms with Gasteiger partial charge in [-0.05, 0) is 61.0 Å². The second-order valence-corrected chi connectivity index (χ2v) is 7.89. The molecule has 8 heteroatoms. The lowest BCUT2D eigenvalue weighted by Crippen LogP contribution is -2.30. The zero-order valence-electron chi connectivity index (χ0n) is 17.6. The summed E-state index contributed by atoms with van der Waals surface area (Å²) < 4.78 is 11.2. The number of hydrogen-bond donors (Lipinski definition) is 0. The SMILES string of the molecule is CCOc1ccc2nc(N(Cc3cccnc3)C(=O)c3ccc(C(=O)OC)cc3)sc2c1. The monoisotopic (exact) mass is 447 g/mol. The van der Waals surface area contributed by atoms with Crippen molar-refractivity contribution >= 4 is 38.6 Å². The number of rotatable bonds is 7. The molecule has 0 atom stereocenters. The molecule has 0 aliphatic carbocycles. The van der Waals surface area contributed by atoms with Gasteiger partial charge in [-0.3, -0.25) is 14.7 Å². The molecule has 0 unspecified atom stereocenters. The molecule has 0 fully saturated rings. The number of carbonyl (C=O) groups excluding carboxylic acids is 2. The lowest BCUT2D eigenvalue weighted by molar-refractivity contribution is 0.0600. The number of methoxy groups -OCH3 is 1. The van der Waals surface area contributed by atoms with E-state index < -0.39 is 5.97 Å². The Labute approximate surface area is 189 Å². The van der Waals surface area contributed by atoms with Crippen LogP contribution in [0, 0.1) is 0 Å². The Morgan fingerprint density at radius 2 is 1.84 bits per heavy atom. The van der Waals surface area contributed by atoms with Crippen LogP contribution >= 0.6 is 11.3 Å². The summed E-state index contributed by atoms with van der Waals surface area (Å²) in [6.07, 6.45) is 3.41. The minimum atomic E-state index is -0.451. The molecule has 0 radical (unpaired) electrons. The summed E-state index contributed by atoms with van der Waals surface area (Å²) in [4.78, 5) is 35.7. The minimum Gasteiger partial charge on any atom is -0.494 e. The van der Waals surface area contributed by atoms with E-state index in [9.17, 15) is 9.59 Å². The van der Waals surface area contributed by atoms with Gasteiger partial charge in [-0.1, -0.05) is 17.4 Å². The van der Waals surface area contributed by atoms with Crippen LogP contribution in [0.1, 0.15) is 33.2 Å². The third-order valence-corrected chi connectivity index (χ3v) is 5.79. The first-order chi connectivity index (χ1) is 15.6. The van der Waals surface area contributed by atoms with E-state index in [4.69, 9.17) is 9.47 Å². The number of nitrogens with zero attached hydrogens (tertiary/aromatic N) is 3. The second kappa shape index (κ2) is 9.57. The van der Waals surface area contributed by atoms with Gasteiger partial charge in [0.2, 0.25) is 0 Å². The lowest BCUT2D eigenvalue weighted by atomic mass is 10.1. The molecule has 0 saturated heterocycles. The highest BCUT2D eigenvalue weighted by molar-refractivity contribution is 7.22. The number of benzene rings is 2. The summed E-state index contributed by atoms with van der Waals surface area (Å²) in [6.45, 7) is 2.82. The normalized spacial score (nSPS) is 10.7. The molecule has 4 rings (SSSR count). The molecule has 1 amide bonds. The average Bonchev–Trinajstić information content (AvgIpc) is 3.25. The standard InChI is InChI=1S/C24H21N3O4S/c1-3-31-19-10-11-20-21(13-19)32-24(26-20)27(15-16-5-4-12-25-14-16)22(28)17-6-8-18(9-7-17)23(29)30-2/h4-14H,3,15H2,1-2H3. The summed E-state index contributed by atoms with van der Waals surface area (Å²) in [5.74, 6) is 0.0839. The van der Waals surface area contributed by atoms with Gasteiger partial charge in [0.15, 0.2) is 5.13 Å². The Morgan fingerprint density at radius 1 is 1.06 bits per heavy atom. The van der Waals surface area contributed by atoms with E-state index in [1.807, 2.05) is 37.3 Å². The molecule has 0 aliphatic rings. The van der Waals surface area contributed by atoms with Crippen molar-refractivity contribution < 1.29 is 19.1 Å². The summed E-state index contributed by atoms with van der Waals surface area (Å²) in [6, 6.07) is 15.8. The number of pyridine rings is 1. The van der Waals surface area contributed by atoms with Crippen LogP contribution < -0.4 is 9.64 Å². The maximum absolute atomic E-state index is 13.5. The van der Waals surface area contributed by atoms with Gasteiger partial charge >= 0.3 is 5.97 Å². The first kappa shape index (κ1) is 21.5. The highest BCUT2D eigenvalue weighted by Gasteiger charge is 2.22. The van der Waals surface area contributed by atoms with Crippen molar-refractivity contribution in [3.63, 3.8) is 0 Å². The molecular formula is C24H21N3O4S. The lowest BCUT2D eigenvalue weighted by Gasteiger charge is -2.20. The van der Waals surface area contributed by atoms with Gasteiger partial charge in [0.05, 0.1) is 36.0 Å². The Hall–Kier alpha value is -3.78. The van der Waals surface area contributed by atoms with E-state index in [0.29, 0.717) is 29.4 Å². The van der Waals surface area contributed by atoms with Crippen molar-refractivity contribution in [1.82, 2.24) is 9.97 Å². The van der Waals surface area contributed by atoms with E-state index in [-0.39, 0.29) is 5.91 Å². The number of ether oxygens (including phenoxy) is 2. The van der Waals surface area contributed by atoms with Crippen LogP contribution in [-0.2, 0) is 11.3 Å². The number of aromatic nitrogens is 2. The summed E-state index contributed by atoms with van der Waals surface area (Å²) in [5, 5.41) is 0.569. The largest absolute Gasteiger partial charge is 0.494 e. The van der Waals surface area contributed by atoms with Crippen molar-refractivity contribution in [1.29, 1.82) is 0 Å². The van der Waals surface area contributed by atoms with E-state index in [2.05, 4.69) is 9.97 Å². The maximum atomic E-state index is 13.5. The molecule has 7 nitrogen and oxygen atoms in total. The van der Waals surface area contributed by atoms with Gasteiger partial charge in [0.25, 0.3) is 5.91 Å². The number of amides is 1. The van der Waals surface area contributed by atoms with Gasteiger partial charge in [0.1, 0.15) is 5.75 Å². The smallest absolute Gasteiger partial charge is 0.337 e. The number of hydrogen-bond acceptors (Lipinski definition) is 7. The van der Waals surface area contributed by atoms with Crippen LogP contribution in [0.2, 0.25) is 0 Å². The summed E-state index contributed by atoms with van der Waals surface area (Å²) >= 11 is 1.42. The van der Waals surface area contributed by atoms with Crippen molar-refractivity contribution in [2.45, 2.75) is 13.5 Å². The molecule has 4 aromatic rings. The van der Waals surface area contributed by atoms with Crippen LogP contribution in [-0.4, -0.2) is 35.6 Å². The highest BCUT2D eigenvalue weighted by Crippen LogP contribution is 2.33. The number of esters is 1. The van der Waals surface area contributed by atoms with Crippen molar-refractivity contribution in [2.75, 3.05) is 18.6 Å². The van der Waals surface area contributed by atoms with Crippen molar-refractivity contribution in [2.24, 2.45) is 0 Å². The van der Waals surface area contributed by atoms with Crippen LogP contribution in [0.3, 0.4) is 0 Å². The third kappa shape index (κ3) is 4.60. The summed E-state index contributed by atoms with van der Waals surface area (Å²) in [7, 11) is 1.32. The van der Waals surface area contributed by atoms with Gasteiger partial charge in [-0.25, -0.2) is 9.78 Å². The van der Waals surface area contributed by atoms with Crippen molar-refractivity contribution in [3.05, 3.63) is 83.7 Å². The fourth-order valence-corrected chi connectivity index (χ4v) is 4.18. The first-order valence-corrected chi connectivity index (χ1v) is 10.8. The van der Waals surface area contributed by atoms with Crippen LogP contribution in [0.4, 0.5) is 5.13 Å². The fraction of sp³-hybridized carbons (Fsp3) is 0.167. The average molecular weight is 448 g/mol. The molecule has 0 saturated carbocycles. The first-order valence-electron chi connectivity index (χ1n) is 10.0. The van der Waals surface area contributed by atoms with E-state index in [0.717, 1.165) is 21.5 Å². The number of thiazole rings is 1. The topological polar surface area (TPSA) is 81.6 Å². The molecular weight excluding hydrogens is 426 g/mol. The molecule has 0 aliphatic heterocycles. The predicted octanol–water partition coefficient (Wildman–Crippen LogP) is 4.72. The third-order valence-electron chi connectivity index (χ3n) is 4.75. The molecule has 2 heterocycles. The minimum absolute atomic E-state index is 0.227. The predicted molar refractivity (Wildman–Crippen MR) is 123 cm³/mol. The quantitative estimate of drug-likeness (QED) is 0.381. The molecule has 2 aromatic heterocycles. The Kier molecular flexibility index (Phi) is 6.42. The molecule has 0 bridgehead atoms. The van der Waals surface area contributed by atoms with Crippen molar-refractivity contribution in [3.8, 4) is 5.75 Å². The van der Waals surface area contributed by atoms with Crippen LogP contribution in [0.5, 0.6) is 5.75 Å². The van der Waals surface area contributed by atoms with E-state index in [1.165, 1.54) is 18.4 Å². The second-order valence-electron chi connectivity index (χ2n) is 6.88. The molecule has 0 N–H and O–H groups in total. The maximum Gasteiger partial charge on any atom is 0.337 e. The fourth-order valence-electron chi connectivity index (χ4n) is 3.19. The number of carbonyl (C=O) groups is 2. The highest BCUT2D eigenvalue weighted by atomic mass is 32.1. The van der Waals surface area contributed by atoms with Crippen LogP contribution in [0.25, 0.3) is 10.2 Å². The van der Waals surface area contributed by atoms with E-state index in [1.54, 1.807) is 41.6 Å². The van der Waals surface area contributed by atoms with Gasteiger partial charge < -0.3 is 9.47 Å². The van der Waals surface area contributed by atoms with Gasteiger partial charge in [-0.2, -0.15) is 0 Å². The summed E-state index contributed by atoms with van der Waals surface area (Å²) in [5.41, 5.74) is 2.49. The van der Waals surface area contributed by atoms with Gasteiger partial charge in [0, 0.05) is 18.0 Å². The van der Waals surface area contributed by atoms with Crippen LogP contribution in [0.15, 0.2) is 67.0 Å². The Balaban J connectivity index is 1.70. The number of anilines is 1. The molecule has 32 heavy (non-hydrogen) atoms. The van der Waals surface area contributed by atoms with E-state index >= 15 is 0 Å². The van der Waals surface area contributed by atoms with Gasteiger partial charge in [-0.15, -0.1) is 0 Å².